The maximum atomic E-state index is 15.4. The van der Waals surface area contributed by atoms with Gasteiger partial charge in [-0.2, -0.15) is 26.3 Å². The minimum absolute atomic E-state index is 0.0357. The molecule has 5 amide bonds. The van der Waals surface area contributed by atoms with Gasteiger partial charge in [0.1, 0.15) is 36.7 Å². The monoisotopic (exact) mass is 1360 g/mol. The number of nitrogens with zero attached hydrogens (tertiary/aromatic N) is 6. The zero-order chi connectivity index (χ0) is 69.8. The molecule has 0 aromatic heterocycles. The maximum Gasteiger partial charge on any atom is 0.416 e. The molecule has 98 heavy (non-hydrogen) atoms. The summed E-state index contributed by atoms with van der Waals surface area (Å²) in [4.78, 5) is 77.0. The number of alkyl halides is 6. The van der Waals surface area contributed by atoms with E-state index >= 15 is 4.39 Å². The average molecular weight is 1370 g/mol. The van der Waals surface area contributed by atoms with Crippen molar-refractivity contribution in [2.45, 2.75) is 106 Å². The molecule has 0 saturated carbocycles. The summed E-state index contributed by atoms with van der Waals surface area (Å²) in [6, 6.07) is 36.0. The van der Waals surface area contributed by atoms with E-state index in [0.29, 0.717) is 127 Å². The molecule has 524 valence electrons. The number of ether oxygens (including phenoxy) is 3. The fraction of sp³-hybridized carbons (Fsp3) is 0.446. The number of likely N-dealkylation sites (tertiary alicyclic amines) is 2. The third kappa shape index (κ3) is 18.1. The molecule has 1 spiro atoms. The molecule has 3 saturated heterocycles. The highest BCUT2D eigenvalue weighted by Gasteiger charge is 2.50. The van der Waals surface area contributed by atoms with Gasteiger partial charge < -0.3 is 48.9 Å². The number of halogens is 8. The Morgan fingerprint density at radius 2 is 1.30 bits per heavy atom. The Morgan fingerprint density at radius 1 is 0.643 bits per heavy atom. The molecular weight excluding hydrogens is 1280 g/mol. The SMILES string of the molecule is CN(CCN1CCC(OC(=O)Nc2ccccc2-c2ccccc2)CC1)C(=O)CCCCCNc1ccc(C(=O)N(C)CCCN(C)C(=O)CO[C@H]2Cc3ccccc3C23CCN(CC[C@]2(c4ccc(F)cc4)CN(C(=O)c4cc(C(F)(F)F)cc(C(F)(F)F)c4)CO2)CC3)cc1F. The first-order valence-electron chi connectivity index (χ1n) is 33.4. The van der Waals surface area contributed by atoms with E-state index in [2.05, 4.69) is 32.6 Å². The van der Waals surface area contributed by atoms with E-state index in [0.717, 1.165) is 53.2 Å². The summed E-state index contributed by atoms with van der Waals surface area (Å²) in [5.74, 6) is -2.75. The van der Waals surface area contributed by atoms with Gasteiger partial charge in [-0.15, -0.1) is 0 Å². The summed E-state index contributed by atoms with van der Waals surface area (Å²) in [7, 11) is 5.10. The lowest BCUT2D eigenvalue weighted by Crippen LogP contribution is -2.50. The first kappa shape index (κ1) is 72.3. The van der Waals surface area contributed by atoms with E-state index < -0.39 is 70.4 Å². The number of amides is 5. The molecule has 2 N–H and O–H groups in total. The summed E-state index contributed by atoms with van der Waals surface area (Å²) in [6.07, 6.45) is -4.80. The predicted molar refractivity (Wildman–Crippen MR) is 355 cm³/mol. The van der Waals surface area contributed by atoms with Gasteiger partial charge >= 0.3 is 18.4 Å². The highest BCUT2D eigenvalue weighted by Crippen LogP contribution is 2.49. The Balaban J connectivity index is 0.611. The van der Waals surface area contributed by atoms with E-state index in [-0.39, 0.29) is 66.8 Å². The number of para-hydroxylation sites is 1. The van der Waals surface area contributed by atoms with Crippen LogP contribution < -0.4 is 10.6 Å². The lowest BCUT2D eigenvalue weighted by Gasteiger charge is -2.44. The number of piperidine rings is 2. The number of rotatable bonds is 26. The van der Waals surface area contributed by atoms with Crippen LogP contribution in [-0.2, 0) is 53.6 Å². The Labute approximate surface area is 566 Å². The normalized spacial score (nSPS) is 18.1. The summed E-state index contributed by atoms with van der Waals surface area (Å²) in [6.45, 7) is 4.62. The summed E-state index contributed by atoms with van der Waals surface area (Å²) in [5.41, 5.74) is 0.0389. The Kier molecular flexibility index (Phi) is 23.6. The zero-order valence-electron chi connectivity index (χ0n) is 55.4. The number of likely N-dealkylation sites (N-methyl/N-ethyl adjacent to an activating group) is 2. The van der Waals surface area contributed by atoms with Gasteiger partial charge in [-0.25, -0.2) is 13.6 Å². The molecule has 3 fully saturated rings. The van der Waals surface area contributed by atoms with Crippen molar-refractivity contribution >= 4 is 41.1 Å². The van der Waals surface area contributed by atoms with Crippen LogP contribution in [0.3, 0.4) is 0 Å². The molecule has 6 aromatic rings. The third-order valence-electron chi connectivity index (χ3n) is 19.6. The van der Waals surface area contributed by atoms with E-state index in [1.165, 1.54) is 35.2 Å². The molecule has 4 aliphatic rings. The fourth-order valence-corrected chi connectivity index (χ4v) is 13.8. The summed E-state index contributed by atoms with van der Waals surface area (Å²) >= 11 is 0. The number of carbonyl (C=O) groups excluding carboxylic acids is 5. The van der Waals surface area contributed by atoms with Crippen molar-refractivity contribution < 1.29 is 73.3 Å². The molecule has 0 unspecified atom stereocenters. The maximum absolute atomic E-state index is 15.4. The summed E-state index contributed by atoms with van der Waals surface area (Å²) in [5, 5.41) is 6.03. The van der Waals surface area contributed by atoms with Gasteiger partial charge in [0.05, 0.1) is 35.2 Å². The van der Waals surface area contributed by atoms with Crippen LogP contribution in [0, 0.1) is 11.6 Å². The average Bonchev–Trinajstić information content (AvgIpc) is 1.58. The topological polar surface area (TPSA) is 157 Å². The van der Waals surface area contributed by atoms with Gasteiger partial charge in [-0.1, -0.05) is 91.3 Å². The standard InChI is InChI=1S/C74H84F8N8O8/c1-85(34-14-35-87(3)68(93)53-22-27-64(62(76)45-53)83-33-13-5-8-21-66(91)86(2)41-42-88-36-28-59(29-37-88)98-70(95)84-63-20-12-10-18-60(63)51-15-6-4-7-16-51)67(92)48-96-65-46-52-17-9-11-19-61(52)71(65)30-38-89(39-31-71)40-32-72(55-23-25-58(75)26-24-55)49-90(50-97-72)69(94)54-43-56(73(77,78)79)47-57(44-54)74(80,81)82/h4,6-7,9-12,15-20,22-27,43-45,47,59,65,83H,5,8,13-14,21,28-42,46,48-50H2,1-3H3,(H,84,95)/t65-,72+/m0/s1. The number of hydrogen-bond acceptors (Lipinski definition) is 11. The minimum Gasteiger partial charge on any atom is -0.446 e. The predicted octanol–water partition coefficient (Wildman–Crippen LogP) is 13.1. The fourth-order valence-electron chi connectivity index (χ4n) is 13.8. The quantitative estimate of drug-likeness (QED) is 0.0394. The third-order valence-corrected chi connectivity index (χ3v) is 19.6. The van der Waals surface area contributed by atoms with Crippen LogP contribution in [-0.4, -0.2) is 178 Å². The molecule has 24 heteroatoms. The van der Waals surface area contributed by atoms with Crippen molar-refractivity contribution in [3.63, 3.8) is 0 Å². The van der Waals surface area contributed by atoms with Crippen LogP contribution in [0.25, 0.3) is 11.1 Å². The number of carbonyl (C=O) groups is 5. The number of fused-ring (bicyclic) bond motifs is 2. The van der Waals surface area contributed by atoms with E-state index in [9.17, 15) is 54.7 Å². The number of benzene rings is 6. The highest BCUT2D eigenvalue weighted by molar-refractivity contribution is 5.95. The number of unbranched alkanes of at least 4 members (excludes halogenated alkanes) is 2. The van der Waals surface area contributed by atoms with E-state index in [1.54, 1.807) is 36.0 Å². The van der Waals surface area contributed by atoms with Crippen molar-refractivity contribution in [3.8, 4) is 11.1 Å². The molecule has 3 heterocycles. The number of hydrogen-bond donors (Lipinski definition) is 2. The Hall–Kier alpha value is -8.45. The van der Waals surface area contributed by atoms with Gasteiger partial charge in [-0.3, -0.25) is 24.5 Å². The zero-order valence-corrected chi connectivity index (χ0v) is 55.4. The van der Waals surface area contributed by atoms with Gasteiger partial charge in [0, 0.05) is 102 Å². The molecule has 10 rings (SSSR count). The molecule has 1 aliphatic carbocycles. The molecule has 3 aliphatic heterocycles. The lowest BCUT2D eigenvalue weighted by molar-refractivity contribution is -0.143. The Bertz CT molecular complexity index is 3700. The second kappa shape index (κ2) is 32.0. The molecule has 6 aromatic carbocycles. The van der Waals surface area contributed by atoms with Crippen molar-refractivity contribution in [3.05, 3.63) is 190 Å². The van der Waals surface area contributed by atoms with Crippen molar-refractivity contribution in [1.82, 2.24) is 29.4 Å². The molecule has 16 nitrogen and oxygen atoms in total. The Morgan fingerprint density at radius 3 is 2.00 bits per heavy atom. The van der Waals surface area contributed by atoms with Crippen LogP contribution in [0.1, 0.15) is 113 Å². The van der Waals surface area contributed by atoms with E-state index in [4.69, 9.17) is 14.2 Å². The van der Waals surface area contributed by atoms with Crippen molar-refractivity contribution in [1.29, 1.82) is 0 Å². The highest BCUT2D eigenvalue weighted by atomic mass is 19.4. The van der Waals surface area contributed by atoms with Gasteiger partial charge in [-0.05, 0) is 148 Å². The molecular formula is C74H84F8N8O8. The molecule has 0 radical (unpaired) electrons. The second-order valence-electron chi connectivity index (χ2n) is 26.1. The van der Waals surface area contributed by atoms with Gasteiger partial charge in [0.2, 0.25) is 11.8 Å². The second-order valence-corrected chi connectivity index (χ2v) is 26.1. The first-order valence-corrected chi connectivity index (χ1v) is 33.4. The first-order chi connectivity index (χ1) is 46.9. The van der Waals surface area contributed by atoms with Crippen LogP contribution in [0.2, 0.25) is 0 Å². The minimum atomic E-state index is -5.16. The van der Waals surface area contributed by atoms with Crippen LogP contribution >= 0.6 is 0 Å². The van der Waals surface area contributed by atoms with Crippen LogP contribution in [0.5, 0.6) is 0 Å². The largest absolute Gasteiger partial charge is 0.446 e. The van der Waals surface area contributed by atoms with Crippen LogP contribution in [0.15, 0.2) is 140 Å². The van der Waals surface area contributed by atoms with Crippen molar-refractivity contribution in [2.24, 2.45) is 0 Å². The number of nitrogens with one attached hydrogen (secondary N) is 2. The van der Waals surface area contributed by atoms with Crippen molar-refractivity contribution in [2.75, 3.05) is 117 Å². The molecule has 0 bridgehead atoms. The van der Waals surface area contributed by atoms with Gasteiger partial charge in [0.15, 0.2) is 0 Å². The lowest BCUT2D eigenvalue weighted by atomic mass is 9.72. The molecule has 2 atom stereocenters. The summed E-state index contributed by atoms with van der Waals surface area (Å²) < 4.78 is 131. The number of anilines is 2. The van der Waals surface area contributed by atoms with Gasteiger partial charge in [0.25, 0.3) is 11.8 Å². The van der Waals surface area contributed by atoms with E-state index in [1.807, 2.05) is 73.8 Å². The van der Waals surface area contributed by atoms with Crippen LogP contribution in [0.4, 0.5) is 51.3 Å². The smallest absolute Gasteiger partial charge is 0.416 e.